The van der Waals surface area contributed by atoms with Gasteiger partial charge in [0.25, 0.3) is 0 Å². The van der Waals surface area contributed by atoms with Crippen LogP contribution in [0.15, 0.2) is 30.3 Å². The highest BCUT2D eigenvalue weighted by Gasteiger charge is 1.87. The van der Waals surface area contributed by atoms with E-state index in [-0.39, 0.29) is 5.91 Å². The van der Waals surface area contributed by atoms with Crippen molar-refractivity contribution in [3.63, 3.8) is 0 Å². The Bertz CT molecular complexity index is 244. The van der Waals surface area contributed by atoms with Crippen molar-refractivity contribution in [3.8, 4) is 0 Å². The van der Waals surface area contributed by atoms with Gasteiger partial charge in [0.1, 0.15) is 0 Å². The SMILES string of the molecule is CC(=O)N(C)C.Nc1ccccc1. The van der Waals surface area contributed by atoms with Crippen LogP contribution >= 0.6 is 0 Å². The number of para-hydroxylation sites is 1. The highest BCUT2D eigenvalue weighted by atomic mass is 16.2. The lowest BCUT2D eigenvalue weighted by Crippen LogP contribution is -2.17. The molecule has 0 saturated carbocycles. The van der Waals surface area contributed by atoms with Crippen LogP contribution in [0, 0.1) is 0 Å². The van der Waals surface area contributed by atoms with Crippen molar-refractivity contribution in [2.75, 3.05) is 19.8 Å². The molecule has 3 nitrogen and oxygen atoms in total. The Morgan fingerprint density at radius 2 is 1.62 bits per heavy atom. The summed E-state index contributed by atoms with van der Waals surface area (Å²) in [5.74, 6) is 0.0926. The van der Waals surface area contributed by atoms with Crippen molar-refractivity contribution < 1.29 is 4.79 Å². The Morgan fingerprint density at radius 3 is 1.77 bits per heavy atom. The molecule has 0 fully saturated rings. The van der Waals surface area contributed by atoms with Crippen LogP contribution in [0.1, 0.15) is 6.92 Å². The van der Waals surface area contributed by atoms with Crippen LogP contribution in [0.25, 0.3) is 0 Å². The lowest BCUT2D eigenvalue weighted by molar-refractivity contribution is -0.126. The molecule has 1 rings (SSSR count). The molecule has 0 aliphatic heterocycles. The van der Waals surface area contributed by atoms with Gasteiger partial charge < -0.3 is 10.6 Å². The van der Waals surface area contributed by atoms with Crippen molar-refractivity contribution in [1.82, 2.24) is 4.90 Å². The third-order valence-corrected chi connectivity index (χ3v) is 1.43. The van der Waals surface area contributed by atoms with Gasteiger partial charge in [-0.3, -0.25) is 4.79 Å². The first kappa shape index (κ1) is 11.5. The number of nitrogen functional groups attached to an aromatic ring is 1. The van der Waals surface area contributed by atoms with Gasteiger partial charge in [-0.2, -0.15) is 0 Å². The summed E-state index contributed by atoms with van der Waals surface area (Å²) >= 11 is 0. The summed E-state index contributed by atoms with van der Waals surface area (Å²) in [6.07, 6.45) is 0. The van der Waals surface area contributed by atoms with Crippen LogP contribution in [-0.4, -0.2) is 24.9 Å². The predicted molar refractivity (Wildman–Crippen MR) is 55.2 cm³/mol. The molecule has 0 unspecified atom stereocenters. The molecule has 0 atom stereocenters. The molecule has 0 spiro atoms. The molecule has 0 radical (unpaired) electrons. The van der Waals surface area contributed by atoms with Crippen LogP contribution in [0.5, 0.6) is 0 Å². The fourth-order valence-electron chi connectivity index (χ4n) is 0.453. The van der Waals surface area contributed by atoms with E-state index in [0.717, 1.165) is 5.69 Å². The summed E-state index contributed by atoms with van der Waals surface area (Å²) in [5.41, 5.74) is 6.18. The van der Waals surface area contributed by atoms with E-state index in [0.29, 0.717) is 0 Å². The predicted octanol–water partition coefficient (Wildman–Crippen LogP) is 1.36. The molecule has 72 valence electrons. The van der Waals surface area contributed by atoms with Gasteiger partial charge in [0, 0.05) is 26.7 Å². The highest BCUT2D eigenvalue weighted by molar-refractivity contribution is 5.72. The fraction of sp³-hybridized carbons (Fsp3) is 0.300. The molecule has 13 heavy (non-hydrogen) atoms. The standard InChI is InChI=1S/C6H7N.C4H9NO/c7-6-4-2-1-3-5-6;1-4(6)5(2)3/h1-5H,7H2;1-3H3. The molecule has 0 aliphatic carbocycles. The minimum absolute atomic E-state index is 0.0926. The average molecular weight is 180 g/mol. The van der Waals surface area contributed by atoms with Crippen LogP contribution in [0.2, 0.25) is 0 Å². The molecule has 0 aliphatic rings. The van der Waals surface area contributed by atoms with Gasteiger partial charge in [0.2, 0.25) is 5.91 Å². The van der Waals surface area contributed by atoms with E-state index in [2.05, 4.69) is 0 Å². The Labute approximate surface area is 79.2 Å². The molecule has 0 bridgehead atoms. The third-order valence-electron chi connectivity index (χ3n) is 1.43. The number of rotatable bonds is 0. The van der Waals surface area contributed by atoms with Crippen molar-refractivity contribution in [3.05, 3.63) is 30.3 Å². The molecule has 2 N–H and O–H groups in total. The van der Waals surface area contributed by atoms with Gasteiger partial charge in [0.05, 0.1) is 0 Å². The zero-order valence-electron chi connectivity index (χ0n) is 8.32. The normalized spacial score (nSPS) is 8.23. The van der Waals surface area contributed by atoms with Gasteiger partial charge in [-0.1, -0.05) is 18.2 Å². The molecule has 1 aromatic rings. The summed E-state index contributed by atoms with van der Waals surface area (Å²) in [5, 5.41) is 0. The second-order valence-corrected chi connectivity index (χ2v) is 2.82. The van der Waals surface area contributed by atoms with Gasteiger partial charge in [-0.15, -0.1) is 0 Å². The Hall–Kier alpha value is -1.51. The lowest BCUT2D eigenvalue weighted by atomic mass is 10.3. The molecule has 1 aromatic carbocycles. The second-order valence-electron chi connectivity index (χ2n) is 2.82. The summed E-state index contributed by atoms with van der Waals surface area (Å²) in [6.45, 7) is 1.53. The zero-order valence-corrected chi connectivity index (χ0v) is 8.32. The average Bonchev–Trinajstić information content (AvgIpc) is 2.06. The number of hydrogen-bond acceptors (Lipinski definition) is 2. The van der Waals surface area contributed by atoms with Crippen LogP contribution in [-0.2, 0) is 4.79 Å². The largest absolute Gasteiger partial charge is 0.399 e. The maximum atomic E-state index is 10.1. The number of hydrogen-bond donors (Lipinski definition) is 1. The summed E-state index contributed by atoms with van der Waals surface area (Å²) in [7, 11) is 3.45. The second kappa shape index (κ2) is 6.06. The zero-order chi connectivity index (χ0) is 10.3. The first-order chi connectivity index (χ1) is 6.04. The van der Waals surface area contributed by atoms with Crippen molar-refractivity contribution in [2.45, 2.75) is 6.92 Å². The number of nitrogens with zero attached hydrogens (tertiary/aromatic N) is 1. The minimum atomic E-state index is 0.0926. The van der Waals surface area contributed by atoms with Crippen molar-refractivity contribution >= 4 is 11.6 Å². The quantitative estimate of drug-likeness (QED) is 0.613. The van der Waals surface area contributed by atoms with E-state index in [1.165, 1.54) is 11.8 Å². The van der Waals surface area contributed by atoms with E-state index in [4.69, 9.17) is 5.73 Å². The molecule has 3 heteroatoms. The van der Waals surface area contributed by atoms with Gasteiger partial charge in [-0.25, -0.2) is 0 Å². The highest BCUT2D eigenvalue weighted by Crippen LogP contribution is 1.95. The maximum Gasteiger partial charge on any atom is 0.218 e. The van der Waals surface area contributed by atoms with Gasteiger partial charge in [0.15, 0.2) is 0 Å². The smallest absolute Gasteiger partial charge is 0.218 e. The number of carbonyl (C=O) groups excluding carboxylic acids is 1. The summed E-state index contributed by atoms with van der Waals surface area (Å²) < 4.78 is 0. The molecule has 0 heterocycles. The molecular formula is C10H16N2O. The van der Waals surface area contributed by atoms with E-state index >= 15 is 0 Å². The van der Waals surface area contributed by atoms with Gasteiger partial charge in [-0.05, 0) is 12.1 Å². The monoisotopic (exact) mass is 180 g/mol. The summed E-state index contributed by atoms with van der Waals surface area (Å²) in [6, 6.07) is 9.49. The van der Waals surface area contributed by atoms with Crippen molar-refractivity contribution in [1.29, 1.82) is 0 Å². The number of amides is 1. The maximum absolute atomic E-state index is 10.1. The van der Waals surface area contributed by atoms with Crippen molar-refractivity contribution in [2.24, 2.45) is 0 Å². The van der Waals surface area contributed by atoms with Crippen LogP contribution in [0.4, 0.5) is 5.69 Å². The number of nitrogens with two attached hydrogens (primary N) is 1. The third kappa shape index (κ3) is 6.87. The first-order valence-electron chi connectivity index (χ1n) is 4.02. The van der Waals surface area contributed by atoms with E-state index < -0.39 is 0 Å². The Balaban J connectivity index is 0.000000226. The molecule has 0 aromatic heterocycles. The molecule has 1 amide bonds. The Kier molecular flexibility index (Phi) is 5.35. The minimum Gasteiger partial charge on any atom is -0.399 e. The first-order valence-corrected chi connectivity index (χ1v) is 4.02. The van der Waals surface area contributed by atoms with Crippen LogP contribution in [0.3, 0.4) is 0 Å². The van der Waals surface area contributed by atoms with E-state index in [1.807, 2.05) is 30.3 Å². The van der Waals surface area contributed by atoms with Crippen LogP contribution < -0.4 is 5.73 Å². The fourth-order valence-corrected chi connectivity index (χ4v) is 0.453. The van der Waals surface area contributed by atoms with E-state index in [1.54, 1.807) is 14.1 Å². The summed E-state index contributed by atoms with van der Waals surface area (Å²) in [4.78, 5) is 11.6. The molecule has 0 saturated heterocycles. The van der Waals surface area contributed by atoms with E-state index in [9.17, 15) is 4.79 Å². The van der Waals surface area contributed by atoms with Gasteiger partial charge >= 0.3 is 0 Å². The molecular weight excluding hydrogens is 164 g/mol. The Morgan fingerprint density at radius 1 is 1.23 bits per heavy atom. The number of carbonyl (C=O) groups is 1. The lowest BCUT2D eigenvalue weighted by Gasteiger charge is -2.02. The number of benzene rings is 1. The number of anilines is 1. The topological polar surface area (TPSA) is 46.3 Å².